The number of hydrogen-bond acceptors (Lipinski definition) is 3. The molecule has 1 amide bonds. The molecule has 0 fully saturated rings. The third kappa shape index (κ3) is 3.91. The molecular weight excluding hydrogens is 285 g/mol. The lowest BCUT2D eigenvalue weighted by Crippen LogP contribution is -2.17. The van der Waals surface area contributed by atoms with Crippen LogP contribution in [0.3, 0.4) is 0 Å². The van der Waals surface area contributed by atoms with E-state index in [4.69, 9.17) is 4.74 Å². The second-order valence-corrected chi connectivity index (χ2v) is 4.64. The number of carbonyl (C=O) groups excluding carboxylic acids is 2. The quantitative estimate of drug-likeness (QED) is 0.858. The number of amides is 1. The van der Waals surface area contributed by atoms with Gasteiger partial charge in [-0.15, -0.1) is 0 Å². The number of hydrogen-bond donors (Lipinski definition) is 1. The lowest BCUT2D eigenvalue weighted by Gasteiger charge is -2.10. The molecule has 0 bridgehead atoms. The number of benzene rings is 2. The predicted molar refractivity (Wildman–Crippen MR) is 81.4 cm³/mol. The van der Waals surface area contributed by atoms with E-state index in [1.165, 1.54) is 30.3 Å². The Balaban J connectivity index is 2.19. The monoisotopic (exact) mass is 301 g/mol. The molecule has 0 atom stereocenters. The van der Waals surface area contributed by atoms with Gasteiger partial charge in [0.2, 0.25) is 0 Å². The van der Waals surface area contributed by atoms with Crippen molar-refractivity contribution in [3.63, 3.8) is 0 Å². The van der Waals surface area contributed by atoms with Crippen molar-refractivity contribution in [1.29, 1.82) is 0 Å². The lowest BCUT2D eigenvalue weighted by molar-refractivity contribution is 0.0502. The molecule has 0 unspecified atom stereocenters. The van der Waals surface area contributed by atoms with Crippen LogP contribution >= 0.6 is 0 Å². The maximum Gasteiger partial charge on any atom is 0.338 e. The molecule has 0 spiro atoms. The molecule has 0 aliphatic rings. The van der Waals surface area contributed by atoms with Gasteiger partial charge >= 0.3 is 5.97 Å². The van der Waals surface area contributed by atoms with Crippen LogP contribution in [0.2, 0.25) is 0 Å². The second-order valence-electron chi connectivity index (χ2n) is 4.64. The first kappa shape index (κ1) is 15.7. The maximum absolute atomic E-state index is 12.9. The predicted octanol–water partition coefficient (Wildman–Crippen LogP) is 3.64. The maximum atomic E-state index is 12.9. The standard InChI is InChI=1S/C17H16FNO3/c1-2-11-22-17(21)15-6-4-3-5-14(15)16(20)19-13-9-7-12(18)8-10-13/h3-10H,2,11H2,1H3,(H,19,20). The molecule has 0 heterocycles. The zero-order chi connectivity index (χ0) is 15.9. The minimum absolute atomic E-state index is 0.204. The molecule has 114 valence electrons. The third-order valence-electron chi connectivity index (χ3n) is 2.93. The molecule has 2 aromatic rings. The van der Waals surface area contributed by atoms with E-state index < -0.39 is 11.9 Å². The van der Waals surface area contributed by atoms with Crippen molar-refractivity contribution >= 4 is 17.6 Å². The molecule has 2 rings (SSSR count). The van der Waals surface area contributed by atoms with Crippen molar-refractivity contribution in [2.75, 3.05) is 11.9 Å². The highest BCUT2D eigenvalue weighted by molar-refractivity contribution is 6.11. The highest BCUT2D eigenvalue weighted by Crippen LogP contribution is 2.14. The molecule has 22 heavy (non-hydrogen) atoms. The van der Waals surface area contributed by atoms with E-state index in [2.05, 4.69) is 5.32 Å². The fraction of sp³-hybridized carbons (Fsp3) is 0.176. The number of anilines is 1. The molecule has 0 aromatic heterocycles. The van der Waals surface area contributed by atoms with Crippen LogP contribution in [0.1, 0.15) is 34.1 Å². The van der Waals surface area contributed by atoms with Gasteiger partial charge in [-0.3, -0.25) is 4.79 Å². The average Bonchev–Trinajstić information content (AvgIpc) is 2.54. The van der Waals surface area contributed by atoms with Crippen LogP contribution in [-0.2, 0) is 4.74 Å². The summed E-state index contributed by atoms with van der Waals surface area (Å²) in [4.78, 5) is 24.3. The van der Waals surface area contributed by atoms with E-state index in [9.17, 15) is 14.0 Å². The summed E-state index contributed by atoms with van der Waals surface area (Å²) < 4.78 is 17.9. The Morgan fingerprint density at radius 3 is 2.32 bits per heavy atom. The zero-order valence-corrected chi connectivity index (χ0v) is 12.1. The second kappa shape index (κ2) is 7.36. The molecule has 0 saturated heterocycles. The van der Waals surface area contributed by atoms with Gasteiger partial charge in [-0.05, 0) is 42.8 Å². The van der Waals surface area contributed by atoms with Gasteiger partial charge in [-0.2, -0.15) is 0 Å². The molecule has 0 radical (unpaired) electrons. The molecule has 1 N–H and O–H groups in total. The number of ether oxygens (including phenoxy) is 1. The first-order chi connectivity index (χ1) is 10.6. The van der Waals surface area contributed by atoms with Crippen molar-refractivity contribution in [2.24, 2.45) is 0 Å². The topological polar surface area (TPSA) is 55.4 Å². The van der Waals surface area contributed by atoms with Crippen LogP contribution in [0, 0.1) is 5.82 Å². The minimum atomic E-state index is -0.535. The summed E-state index contributed by atoms with van der Waals surface area (Å²) >= 11 is 0. The number of nitrogens with one attached hydrogen (secondary N) is 1. The normalized spacial score (nSPS) is 10.1. The number of halogens is 1. The first-order valence-corrected chi connectivity index (χ1v) is 6.95. The summed E-state index contributed by atoms with van der Waals surface area (Å²) in [5.41, 5.74) is 0.867. The van der Waals surface area contributed by atoms with E-state index in [-0.39, 0.29) is 16.9 Å². The van der Waals surface area contributed by atoms with Gasteiger partial charge in [0.15, 0.2) is 0 Å². The van der Waals surface area contributed by atoms with E-state index in [1.54, 1.807) is 18.2 Å². The molecule has 0 aliphatic carbocycles. The fourth-order valence-electron chi connectivity index (χ4n) is 1.86. The van der Waals surface area contributed by atoms with E-state index >= 15 is 0 Å². The van der Waals surface area contributed by atoms with Crippen LogP contribution in [0.25, 0.3) is 0 Å². The average molecular weight is 301 g/mol. The summed E-state index contributed by atoms with van der Waals surface area (Å²) in [6, 6.07) is 11.8. The third-order valence-corrected chi connectivity index (χ3v) is 2.93. The minimum Gasteiger partial charge on any atom is -0.462 e. The summed E-state index contributed by atoms with van der Waals surface area (Å²) in [5.74, 6) is -1.37. The Morgan fingerprint density at radius 1 is 1.05 bits per heavy atom. The van der Waals surface area contributed by atoms with Crippen LogP contribution in [0.15, 0.2) is 48.5 Å². The largest absolute Gasteiger partial charge is 0.462 e. The van der Waals surface area contributed by atoms with Crippen molar-refractivity contribution in [3.8, 4) is 0 Å². The van der Waals surface area contributed by atoms with E-state index in [1.807, 2.05) is 6.92 Å². The van der Waals surface area contributed by atoms with E-state index in [0.717, 1.165) is 0 Å². The molecule has 2 aromatic carbocycles. The van der Waals surface area contributed by atoms with Gasteiger partial charge in [-0.1, -0.05) is 19.1 Å². The fourth-order valence-corrected chi connectivity index (χ4v) is 1.86. The van der Waals surface area contributed by atoms with Crippen molar-refractivity contribution in [3.05, 3.63) is 65.5 Å². The van der Waals surface area contributed by atoms with Gasteiger partial charge < -0.3 is 10.1 Å². The van der Waals surface area contributed by atoms with Crippen LogP contribution in [0.5, 0.6) is 0 Å². The van der Waals surface area contributed by atoms with Gasteiger partial charge in [0.1, 0.15) is 5.82 Å². The molecule has 5 heteroatoms. The first-order valence-electron chi connectivity index (χ1n) is 6.95. The van der Waals surface area contributed by atoms with Crippen molar-refractivity contribution < 1.29 is 18.7 Å². The lowest BCUT2D eigenvalue weighted by atomic mass is 10.1. The van der Waals surface area contributed by atoms with Gasteiger partial charge in [-0.25, -0.2) is 9.18 Å². The Morgan fingerprint density at radius 2 is 1.68 bits per heavy atom. The highest BCUT2D eigenvalue weighted by atomic mass is 19.1. The summed E-state index contributed by atoms with van der Waals surface area (Å²) in [7, 11) is 0. The SMILES string of the molecule is CCCOC(=O)c1ccccc1C(=O)Nc1ccc(F)cc1. The smallest absolute Gasteiger partial charge is 0.338 e. The van der Waals surface area contributed by atoms with Gasteiger partial charge in [0.25, 0.3) is 5.91 Å². The highest BCUT2D eigenvalue weighted by Gasteiger charge is 2.17. The Labute approximate surface area is 127 Å². The number of carbonyl (C=O) groups is 2. The summed E-state index contributed by atoms with van der Waals surface area (Å²) in [6.07, 6.45) is 0.704. The van der Waals surface area contributed by atoms with Gasteiger partial charge in [0, 0.05) is 5.69 Å². The van der Waals surface area contributed by atoms with Crippen LogP contribution in [-0.4, -0.2) is 18.5 Å². The molecular formula is C17H16FNO3. The molecule has 0 saturated carbocycles. The molecule has 4 nitrogen and oxygen atoms in total. The summed E-state index contributed by atoms with van der Waals surface area (Å²) in [5, 5.41) is 2.62. The number of esters is 1. The van der Waals surface area contributed by atoms with Crippen LogP contribution in [0.4, 0.5) is 10.1 Å². The number of rotatable bonds is 5. The van der Waals surface area contributed by atoms with Crippen LogP contribution < -0.4 is 5.32 Å². The van der Waals surface area contributed by atoms with Crippen molar-refractivity contribution in [2.45, 2.75) is 13.3 Å². The zero-order valence-electron chi connectivity index (χ0n) is 12.1. The van der Waals surface area contributed by atoms with E-state index in [0.29, 0.717) is 18.7 Å². The summed E-state index contributed by atoms with van der Waals surface area (Å²) in [6.45, 7) is 2.19. The Bertz CT molecular complexity index is 668. The molecule has 0 aliphatic heterocycles. The Hall–Kier alpha value is -2.69. The van der Waals surface area contributed by atoms with Crippen molar-refractivity contribution in [1.82, 2.24) is 0 Å². The Kier molecular flexibility index (Phi) is 5.25. The van der Waals surface area contributed by atoms with Gasteiger partial charge in [0.05, 0.1) is 17.7 Å².